The summed E-state index contributed by atoms with van der Waals surface area (Å²) in [5, 5.41) is 7.31. The predicted octanol–water partition coefficient (Wildman–Crippen LogP) is 2.49. The van der Waals surface area contributed by atoms with Crippen molar-refractivity contribution in [3.63, 3.8) is 0 Å². The molecule has 0 radical (unpaired) electrons. The molecule has 0 bridgehead atoms. The Kier molecular flexibility index (Phi) is 4.01. The maximum Gasteiger partial charge on any atom is 0.231 e. The molecular formula is C18H21N5O2. The first-order chi connectivity index (χ1) is 12.1. The first-order valence-electron chi connectivity index (χ1n) is 8.52. The molecule has 3 aromatic rings. The van der Waals surface area contributed by atoms with E-state index in [1.165, 1.54) is 0 Å². The van der Waals surface area contributed by atoms with Gasteiger partial charge in [-0.05, 0) is 31.9 Å². The molecule has 1 fully saturated rings. The highest BCUT2D eigenvalue weighted by Gasteiger charge is 2.30. The Morgan fingerprint density at radius 3 is 3.04 bits per heavy atom. The molecule has 1 saturated heterocycles. The summed E-state index contributed by atoms with van der Waals surface area (Å²) >= 11 is 0. The second-order valence-electron chi connectivity index (χ2n) is 6.45. The van der Waals surface area contributed by atoms with Crippen LogP contribution in [-0.2, 0) is 16.6 Å². The largest absolute Gasteiger partial charge is 0.378 e. The molecule has 25 heavy (non-hydrogen) atoms. The Bertz CT molecular complexity index is 913. The molecule has 7 heteroatoms. The fraction of sp³-hybridized carbons (Fsp3) is 0.389. The summed E-state index contributed by atoms with van der Waals surface area (Å²) in [4.78, 5) is 17.5. The summed E-state index contributed by atoms with van der Waals surface area (Å²) in [6, 6.07) is 5.77. The lowest BCUT2D eigenvalue weighted by Crippen LogP contribution is -2.36. The van der Waals surface area contributed by atoms with Crippen LogP contribution < -0.4 is 5.32 Å². The van der Waals surface area contributed by atoms with Gasteiger partial charge in [0.15, 0.2) is 0 Å². The average molecular weight is 339 g/mol. The number of rotatable bonds is 3. The monoisotopic (exact) mass is 339 g/mol. The van der Waals surface area contributed by atoms with Crippen molar-refractivity contribution in [2.45, 2.75) is 25.9 Å². The van der Waals surface area contributed by atoms with Crippen molar-refractivity contribution < 1.29 is 9.53 Å². The number of nitrogens with one attached hydrogen (secondary N) is 1. The van der Waals surface area contributed by atoms with Crippen molar-refractivity contribution in [1.82, 2.24) is 19.2 Å². The van der Waals surface area contributed by atoms with Gasteiger partial charge in [-0.2, -0.15) is 5.10 Å². The van der Waals surface area contributed by atoms with Crippen LogP contribution in [0.3, 0.4) is 0 Å². The standard InChI is InChI=1S/C18H21N5O2/c1-12-14(6-5-9-25-12)18(24)21-17-16(13-10-19-22(2)11-13)20-15-7-3-4-8-23(15)17/h3-4,7-8,10-12,14H,5-6,9H2,1-2H3,(H,21,24). The number of carbonyl (C=O) groups excluding carboxylic acids is 1. The lowest BCUT2D eigenvalue weighted by atomic mass is 9.94. The van der Waals surface area contributed by atoms with Crippen LogP contribution >= 0.6 is 0 Å². The summed E-state index contributed by atoms with van der Waals surface area (Å²) in [5.41, 5.74) is 2.37. The third-order valence-electron chi connectivity index (χ3n) is 4.69. The summed E-state index contributed by atoms with van der Waals surface area (Å²) in [5.74, 6) is 0.499. The Morgan fingerprint density at radius 1 is 1.40 bits per heavy atom. The second-order valence-corrected chi connectivity index (χ2v) is 6.45. The van der Waals surface area contributed by atoms with Crippen LogP contribution in [-0.4, -0.2) is 37.8 Å². The number of aryl methyl sites for hydroxylation is 1. The van der Waals surface area contributed by atoms with Crippen molar-refractivity contribution in [2.24, 2.45) is 13.0 Å². The molecule has 1 aliphatic heterocycles. The van der Waals surface area contributed by atoms with E-state index in [-0.39, 0.29) is 17.9 Å². The Hall–Kier alpha value is -2.67. The molecule has 3 aromatic heterocycles. The van der Waals surface area contributed by atoms with Crippen molar-refractivity contribution in [1.29, 1.82) is 0 Å². The fourth-order valence-corrected chi connectivity index (χ4v) is 3.34. The van der Waals surface area contributed by atoms with Gasteiger partial charge in [0, 0.05) is 31.6 Å². The quantitative estimate of drug-likeness (QED) is 0.796. The Balaban J connectivity index is 1.73. The van der Waals surface area contributed by atoms with Crippen molar-refractivity contribution in [3.8, 4) is 11.3 Å². The highest BCUT2D eigenvalue weighted by Crippen LogP contribution is 2.30. The van der Waals surface area contributed by atoms with Gasteiger partial charge in [0.25, 0.3) is 0 Å². The zero-order valence-electron chi connectivity index (χ0n) is 14.3. The Morgan fingerprint density at radius 2 is 2.28 bits per heavy atom. The first kappa shape index (κ1) is 15.8. The predicted molar refractivity (Wildman–Crippen MR) is 94.2 cm³/mol. The number of hydrogen-bond acceptors (Lipinski definition) is 4. The van der Waals surface area contributed by atoms with Gasteiger partial charge in [-0.3, -0.25) is 13.9 Å². The van der Waals surface area contributed by atoms with Crippen LogP contribution in [0.4, 0.5) is 5.82 Å². The van der Waals surface area contributed by atoms with Crippen LogP contribution in [0.25, 0.3) is 16.9 Å². The van der Waals surface area contributed by atoms with Crippen LogP contribution in [0, 0.1) is 5.92 Å². The summed E-state index contributed by atoms with van der Waals surface area (Å²) in [6.07, 6.45) is 7.22. The van der Waals surface area contributed by atoms with Gasteiger partial charge in [-0.25, -0.2) is 4.98 Å². The molecule has 0 aromatic carbocycles. The normalized spacial score (nSPS) is 20.7. The molecule has 130 valence electrons. The first-order valence-corrected chi connectivity index (χ1v) is 8.52. The van der Waals surface area contributed by atoms with E-state index in [0.29, 0.717) is 5.82 Å². The van der Waals surface area contributed by atoms with Gasteiger partial charge < -0.3 is 10.1 Å². The molecule has 1 N–H and O–H groups in total. The number of fused-ring (bicyclic) bond motifs is 1. The number of imidazole rings is 1. The van der Waals surface area contributed by atoms with E-state index in [0.717, 1.165) is 36.4 Å². The van der Waals surface area contributed by atoms with Crippen LogP contribution in [0.15, 0.2) is 36.8 Å². The van der Waals surface area contributed by atoms with Gasteiger partial charge >= 0.3 is 0 Å². The highest BCUT2D eigenvalue weighted by atomic mass is 16.5. The van der Waals surface area contributed by atoms with E-state index in [9.17, 15) is 4.79 Å². The van der Waals surface area contributed by atoms with Gasteiger partial charge in [0.1, 0.15) is 17.2 Å². The molecule has 2 unspecified atom stereocenters. The molecule has 0 aliphatic carbocycles. The van der Waals surface area contributed by atoms with E-state index in [4.69, 9.17) is 4.74 Å². The van der Waals surface area contributed by atoms with Gasteiger partial charge in [0.05, 0.1) is 18.2 Å². The average Bonchev–Trinajstić information content (AvgIpc) is 3.19. The van der Waals surface area contributed by atoms with Gasteiger partial charge in [-0.1, -0.05) is 6.07 Å². The van der Waals surface area contributed by atoms with E-state index >= 15 is 0 Å². The third-order valence-corrected chi connectivity index (χ3v) is 4.69. The SMILES string of the molecule is CC1OCCCC1C(=O)Nc1c(-c2cnn(C)c2)nc2ccccn12. The minimum absolute atomic E-state index is 0.0250. The number of ether oxygens (including phenoxy) is 1. The second kappa shape index (κ2) is 6.33. The van der Waals surface area contributed by atoms with E-state index in [2.05, 4.69) is 15.4 Å². The smallest absolute Gasteiger partial charge is 0.231 e. The fourth-order valence-electron chi connectivity index (χ4n) is 3.34. The molecule has 0 spiro atoms. The summed E-state index contributed by atoms with van der Waals surface area (Å²) < 4.78 is 9.26. The molecule has 4 rings (SSSR count). The number of aromatic nitrogens is 4. The number of anilines is 1. The Labute approximate surface area is 145 Å². The maximum absolute atomic E-state index is 12.9. The lowest BCUT2D eigenvalue weighted by molar-refractivity contribution is -0.127. The minimum atomic E-state index is -0.148. The number of carbonyl (C=O) groups is 1. The van der Waals surface area contributed by atoms with Crippen LogP contribution in [0.2, 0.25) is 0 Å². The molecule has 0 saturated carbocycles. The van der Waals surface area contributed by atoms with Crippen molar-refractivity contribution in [2.75, 3.05) is 11.9 Å². The number of hydrogen-bond donors (Lipinski definition) is 1. The van der Waals surface area contributed by atoms with Gasteiger partial charge in [-0.15, -0.1) is 0 Å². The molecule has 4 heterocycles. The molecule has 7 nitrogen and oxygen atoms in total. The van der Waals surface area contributed by atoms with Crippen LogP contribution in [0.1, 0.15) is 19.8 Å². The zero-order valence-corrected chi connectivity index (χ0v) is 14.3. The van der Waals surface area contributed by atoms with Crippen molar-refractivity contribution in [3.05, 3.63) is 36.8 Å². The number of pyridine rings is 1. The molecule has 1 amide bonds. The minimum Gasteiger partial charge on any atom is -0.378 e. The third kappa shape index (κ3) is 2.91. The summed E-state index contributed by atoms with van der Waals surface area (Å²) in [6.45, 7) is 2.68. The topological polar surface area (TPSA) is 73.4 Å². The molecule has 1 aliphatic rings. The number of amides is 1. The highest BCUT2D eigenvalue weighted by molar-refractivity contribution is 5.96. The van der Waals surface area contributed by atoms with E-state index in [1.807, 2.05) is 49.0 Å². The van der Waals surface area contributed by atoms with E-state index in [1.54, 1.807) is 10.9 Å². The summed E-state index contributed by atoms with van der Waals surface area (Å²) in [7, 11) is 1.86. The maximum atomic E-state index is 12.9. The van der Waals surface area contributed by atoms with E-state index < -0.39 is 0 Å². The number of nitrogens with zero attached hydrogens (tertiary/aromatic N) is 4. The van der Waals surface area contributed by atoms with Gasteiger partial charge in [0.2, 0.25) is 5.91 Å². The lowest BCUT2D eigenvalue weighted by Gasteiger charge is -2.28. The molecular weight excluding hydrogens is 318 g/mol. The zero-order chi connectivity index (χ0) is 17.4. The molecule has 2 atom stereocenters. The van der Waals surface area contributed by atoms with Crippen molar-refractivity contribution >= 4 is 17.4 Å². The van der Waals surface area contributed by atoms with Crippen LogP contribution in [0.5, 0.6) is 0 Å².